The number of aliphatic carboxylic acids is 1. The maximum atomic E-state index is 10.6. The lowest BCUT2D eigenvalue weighted by Crippen LogP contribution is -2.27. The molecule has 0 bridgehead atoms. The van der Waals surface area contributed by atoms with Gasteiger partial charge >= 0.3 is 5.97 Å². The Balaban J connectivity index is 1.70. The second-order valence-corrected chi connectivity index (χ2v) is 5.01. The minimum absolute atomic E-state index is 0.0481. The van der Waals surface area contributed by atoms with Crippen molar-refractivity contribution in [1.29, 1.82) is 0 Å². The predicted molar refractivity (Wildman–Crippen MR) is 75.1 cm³/mol. The standard InChI is InChI=1S/C15H21NO4/c1-19-14-6-7-16(11-14)8-9-20-13-4-2-12(3-5-13)10-15(17)18/h2-5,14H,6-11H2,1H3,(H,17,18). The first-order chi connectivity index (χ1) is 9.67. The van der Waals surface area contributed by atoms with Crippen LogP contribution in [0.4, 0.5) is 0 Å². The summed E-state index contributed by atoms with van der Waals surface area (Å²) in [7, 11) is 1.75. The average molecular weight is 279 g/mol. The largest absolute Gasteiger partial charge is 0.492 e. The van der Waals surface area contributed by atoms with Crippen LogP contribution in [0.1, 0.15) is 12.0 Å². The molecule has 0 saturated carbocycles. The van der Waals surface area contributed by atoms with Gasteiger partial charge in [-0.15, -0.1) is 0 Å². The minimum Gasteiger partial charge on any atom is -0.492 e. The smallest absolute Gasteiger partial charge is 0.307 e. The molecule has 5 heteroatoms. The van der Waals surface area contributed by atoms with E-state index in [1.807, 2.05) is 12.1 Å². The Hall–Kier alpha value is -1.59. The Kier molecular flexibility index (Phi) is 5.38. The highest BCUT2D eigenvalue weighted by Gasteiger charge is 2.21. The van der Waals surface area contributed by atoms with E-state index in [0.717, 1.165) is 37.4 Å². The maximum absolute atomic E-state index is 10.6. The van der Waals surface area contributed by atoms with Gasteiger partial charge in [0.25, 0.3) is 0 Å². The summed E-state index contributed by atoms with van der Waals surface area (Å²) in [5, 5.41) is 8.69. The first-order valence-corrected chi connectivity index (χ1v) is 6.86. The van der Waals surface area contributed by atoms with E-state index >= 15 is 0 Å². The lowest BCUT2D eigenvalue weighted by atomic mass is 10.1. The number of methoxy groups -OCH3 is 1. The van der Waals surface area contributed by atoms with Crippen LogP contribution >= 0.6 is 0 Å². The third-order valence-corrected chi connectivity index (χ3v) is 3.52. The van der Waals surface area contributed by atoms with E-state index in [-0.39, 0.29) is 6.42 Å². The van der Waals surface area contributed by atoms with Gasteiger partial charge in [0, 0.05) is 26.7 Å². The lowest BCUT2D eigenvalue weighted by Gasteiger charge is -2.16. The van der Waals surface area contributed by atoms with Gasteiger partial charge in [0.15, 0.2) is 0 Å². The monoisotopic (exact) mass is 279 g/mol. The quantitative estimate of drug-likeness (QED) is 0.818. The van der Waals surface area contributed by atoms with Crippen LogP contribution in [0, 0.1) is 0 Å². The van der Waals surface area contributed by atoms with Crippen molar-refractivity contribution in [2.45, 2.75) is 18.9 Å². The summed E-state index contributed by atoms with van der Waals surface area (Å²) in [6.45, 7) is 3.54. The van der Waals surface area contributed by atoms with Gasteiger partial charge in [-0.2, -0.15) is 0 Å². The van der Waals surface area contributed by atoms with E-state index in [1.54, 1.807) is 19.2 Å². The number of hydrogen-bond donors (Lipinski definition) is 1. The Morgan fingerprint density at radius 1 is 1.40 bits per heavy atom. The molecule has 1 heterocycles. The third kappa shape index (κ3) is 4.51. The van der Waals surface area contributed by atoms with Gasteiger partial charge in [-0.1, -0.05) is 12.1 Å². The van der Waals surface area contributed by atoms with Gasteiger partial charge in [0.1, 0.15) is 12.4 Å². The SMILES string of the molecule is COC1CCN(CCOc2ccc(CC(=O)O)cc2)C1. The number of ether oxygens (including phenoxy) is 2. The van der Waals surface area contributed by atoms with Crippen LogP contribution in [-0.4, -0.2) is 55.4 Å². The molecule has 20 heavy (non-hydrogen) atoms. The molecule has 1 atom stereocenters. The molecule has 2 rings (SSSR count). The number of carboxylic acids is 1. The van der Waals surface area contributed by atoms with Crippen LogP contribution < -0.4 is 4.74 Å². The summed E-state index contributed by atoms with van der Waals surface area (Å²) in [5.74, 6) is -0.0398. The molecule has 1 aliphatic rings. The highest BCUT2D eigenvalue weighted by molar-refractivity contribution is 5.70. The van der Waals surface area contributed by atoms with Crippen LogP contribution in [0.15, 0.2) is 24.3 Å². The van der Waals surface area contributed by atoms with Crippen molar-refractivity contribution >= 4 is 5.97 Å². The van der Waals surface area contributed by atoms with E-state index in [1.165, 1.54) is 0 Å². The minimum atomic E-state index is -0.819. The number of nitrogens with zero attached hydrogens (tertiary/aromatic N) is 1. The predicted octanol–water partition coefficient (Wildman–Crippen LogP) is 1.41. The summed E-state index contributed by atoms with van der Waals surface area (Å²) in [6, 6.07) is 7.22. The van der Waals surface area contributed by atoms with Crippen LogP contribution in [0.3, 0.4) is 0 Å². The molecule has 0 amide bonds. The molecule has 1 aromatic rings. The van der Waals surface area contributed by atoms with Crippen LogP contribution in [0.25, 0.3) is 0 Å². The van der Waals surface area contributed by atoms with E-state index in [2.05, 4.69) is 4.90 Å². The van der Waals surface area contributed by atoms with Gasteiger partial charge in [0.2, 0.25) is 0 Å². The number of carboxylic acid groups (broad SMARTS) is 1. The van der Waals surface area contributed by atoms with Crippen molar-refractivity contribution in [3.8, 4) is 5.75 Å². The Labute approximate surface area is 119 Å². The second kappa shape index (κ2) is 7.26. The second-order valence-electron chi connectivity index (χ2n) is 5.01. The van der Waals surface area contributed by atoms with Crippen molar-refractivity contribution in [2.75, 3.05) is 33.4 Å². The van der Waals surface area contributed by atoms with Gasteiger partial charge < -0.3 is 14.6 Å². The molecular weight excluding hydrogens is 258 g/mol. The van der Waals surface area contributed by atoms with Crippen LogP contribution in [0.2, 0.25) is 0 Å². The zero-order valence-corrected chi connectivity index (χ0v) is 11.7. The molecule has 1 N–H and O–H groups in total. The summed E-state index contributed by atoms with van der Waals surface area (Å²) in [5.41, 5.74) is 0.785. The Morgan fingerprint density at radius 3 is 2.75 bits per heavy atom. The molecule has 0 radical (unpaired) electrons. The lowest BCUT2D eigenvalue weighted by molar-refractivity contribution is -0.136. The van der Waals surface area contributed by atoms with Crippen LogP contribution in [0.5, 0.6) is 5.75 Å². The molecular formula is C15H21NO4. The maximum Gasteiger partial charge on any atom is 0.307 e. The zero-order chi connectivity index (χ0) is 14.4. The molecule has 0 spiro atoms. The first-order valence-electron chi connectivity index (χ1n) is 6.86. The molecule has 1 aromatic carbocycles. The number of carbonyl (C=O) groups is 1. The van der Waals surface area contributed by atoms with E-state index < -0.39 is 5.97 Å². The fraction of sp³-hybridized carbons (Fsp3) is 0.533. The average Bonchev–Trinajstić information content (AvgIpc) is 2.88. The van der Waals surface area contributed by atoms with Crippen LogP contribution in [-0.2, 0) is 16.0 Å². The first kappa shape index (κ1) is 14.8. The number of likely N-dealkylation sites (tertiary alicyclic amines) is 1. The van der Waals surface area contributed by atoms with E-state index in [9.17, 15) is 4.79 Å². The van der Waals surface area contributed by atoms with Crippen molar-refractivity contribution in [3.05, 3.63) is 29.8 Å². The van der Waals surface area contributed by atoms with Crippen molar-refractivity contribution in [2.24, 2.45) is 0 Å². The molecule has 1 saturated heterocycles. The number of hydrogen-bond acceptors (Lipinski definition) is 4. The molecule has 0 aromatic heterocycles. The fourth-order valence-electron chi connectivity index (χ4n) is 2.36. The fourth-order valence-corrected chi connectivity index (χ4v) is 2.36. The molecule has 1 aliphatic heterocycles. The summed E-state index contributed by atoms with van der Waals surface area (Å²) in [6.07, 6.45) is 1.48. The Bertz CT molecular complexity index is 432. The van der Waals surface area contributed by atoms with E-state index in [4.69, 9.17) is 14.6 Å². The van der Waals surface area contributed by atoms with Crippen molar-refractivity contribution in [1.82, 2.24) is 4.90 Å². The number of benzene rings is 1. The topological polar surface area (TPSA) is 59.0 Å². The van der Waals surface area contributed by atoms with Crippen molar-refractivity contribution < 1.29 is 19.4 Å². The molecule has 1 fully saturated rings. The highest BCUT2D eigenvalue weighted by atomic mass is 16.5. The molecule has 110 valence electrons. The molecule has 0 aliphatic carbocycles. The molecule has 1 unspecified atom stereocenters. The number of rotatable bonds is 7. The molecule has 5 nitrogen and oxygen atoms in total. The van der Waals surface area contributed by atoms with Gasteiger partial charge in [-0.3, -0.25) is 9.69 Å². The summed E-state index contributed by atoms with van der Waals surface area (Å²) >= 11 is 0. The van der Waals surface area contributed by atoms with Gasteiger partial charge in [-0.25, -0.2) is 0 Å². The van der Waals surface area contributed by atoms with Crippen molar-refractivity contribution in [3.63, 3.8) is 0 Å². The highest BCUT2D eigenvalue weighted by Crippen LogP contribution is 2.14. The third-order valence-electron chi connectivity index (χ3n) is 3.52. The zero-order valence-electron chi connectivity index (χ0n) is 11.7. The summed E-state index contributed by atoms with van der Waals surface area (Å²) < 4.78 is 11.0. The normalized spacial score (nSPS) is 19.1. The van der Waals surface area contributed by atoms with E-state index in [0.29, 0.717) is 12.7 Å². The summed E-state index contributed by atoms with van der Waals surface area (Å²) in [4.78, 5) is 12.9. The van der Waals surface area contributed by atoms with Gasteiger partial charge in [0.05, 0.1) is 12.5 Å². The Morgan fingerprint density at radius 2 is 2.15 bits per heavy atom. The van der Waals surface area contributed by atoms with Gasteiger partial charge in [-0.05, 0) is 24.1 Å².